The first kappa shape index (κ1) is 11.7. The Morgan fingerprint density at radius 3 is 2.33 bits per heavy atom. The van der Waals surface area contributed by atoms with Gasteiger partial charge in [-0.3, -0.25) is 0 Å². The molecule has 0 spiro atoms. The summed E-state index contributed by atoms with van der Waals surface area (Å²) in [4.78, 5) is 0. The van der Waals surface area contributed by atoms with Crippen molar-refractivity contribution >= 4 is 13.3 Å². The molecule has 1 aliphatic rings. The van der Waals surface area contributed by atoms with E-state index in [-0.39, 0.29) is 0 Å². The molecule has 0 amide bonds. The summed E-state index contributed by atoms with van der Waals surface area (Å²) in [5.41, 5.74) is 7.39. The maximum absolute atomic E-state index is 2.48. The Labute approximate surface area is 111 Å². The molecule has 0 saturated heterocycles. The molecule has 0 N–H and O–H groups in total. The van der Waals surface area contributed by atoms with Gasteiger partial charge in [0.25, 0.3) is 0 Å². The predicted molar refractivity (Wildman–Crippen MR) is 82.4 cm³/mol. The minimum absolute atomic E-state index is 1.11. The fourth-order valence-corrected chi connectivity index (χ4v) is 4.96. The van der Waals surface area contributed by atoms with Crippen molar-refractivity contribution in [1.82, 2.24) is 0 Å². The van der Waals surface area contributed by atoms with Crippen LogP contribution in [0.5, 0.6) is 0 Å². The zero-order chi connectivity index (χ0) is 12.9. The van der Waals surface area contributed by atoms with E-state index in [4.69, 9.17) is 0 Å². The lowest BCUT2D eigenvalue weighted by molar-refractivity contribution is 1.26. The van der Waals surface area contributed by atoms with E-state index in [0.717, 1.165) is 6.42 Å². The van der Waals surface area contributed by atoms with E-state index in [9.17, 15) is 0 Å². The molecular weight excluding hydrogens is 232 g/mol. The summed E-state index contributed by atoms with van der Waals surface area (Å²) in [5.74, 6) is 0. The molecule has 3 rings (SSSR count). The second-order valence-corrected chi connectivity index (χ2v) is 11.4. The first-order chi connectivity index (χ1) is 8.47. The molecule has 2 aromatic rings. The lowest BCUT2D eigenvalue weighted by Gasteiger charge is -2.21. The molecule has 0 saturated carbocycles. The third-order valence-corrected chi connectivity index (χ3v) is 6.10. The first-order valence-electron chi connectivity index (χ1n) is 6.69. The summed E-state index contributed by atoms with van der Waals surface area (Å²) in [5, 5.41) is 1.62. The van der Waals surface area contributed by atoms with Crippen molar-refractivity contribution in [3.8, 4) is 11.1 Å². The molecule has 0 heterocycles. The van der Waals surface area contributed by atoms with Crippen LogP contribution in [0.4, 0.5) is 0 Å². The Balaban J connectivity index is 2.20. The standard InChI is InChI=1S/C17H20Si/c1-12-9-16-14(11-17(12)18(2,3)4)10-13-7-5-6-8-15(13)16/h5-9,11H,10H2,1-4H3. The number of aryl methyl sites for hydroxylation is 1. The van der Waals surface area contributed by atoms with Gasteiger partial charge in [-0.25, -0.2) is 0 Å². The molecule has 0 aromatic heterocycles. The van der Waals surface area contributed by atoms with Crippen LogP contribution in [0.1, 0.15) is 16.7 Å². The molecule has 2 aromatic carbocycles. The zero-order valence-corrected chi connectivity index (χ0v) is 12.7. The van der Waals surface area contributed by atoms with E-state index < -0.39 is 8.07 Å². The van der Waals surface area contributed by atoms with Crippen molar-refractivity contribution in [2.75, 3.05) is 0 Å². The molecule has 0 radical (unpaired) electrons. The minimum atomic E-state index is -1.22. The van der Waals surface area contributed by atoms with Crippen LogP contribution in [0.3, 0.4) is 0 Å². The minimum Gasteiger partial charge on any atom is -0.0656 e. The molecule has 0 aliphatic heterocycles. The third kappa shape index (κ3) is 1.74. The molecular formula is C17H20Si. The molecule has 0 atom stereocenters. The number of benzene rings is 2. The Bertz CT molecular complexity index is 618. The molecule has 18 heavy (non-hydrogen) atoms. The van der Waals surface area contributed by atoms with Crippen molar-refractivity contribution in [3.63, 3.8) is 0 Å². The Kier molecular flexibility index (Phi) is 2.49. The highest BCUT2D eigenvalue weighted by molar-refractivity contribution is 6.89. The van der Waals surface area contributed by atoms with Crippen LogP contribution in [0.25, 0.3) is 11.1 Å². The highest BCUT2D eigenvalue weighted by atomic mass is 28.3. The molecule has 1 aliphatic carbocycles. The summed E-state index contributed by atoms with van der Waals surface area (Å²) < 4.78 is 0. The van der Waals surface area contributed by atoms with Crippen molar-refractivity contribution < 1.29 is 0 Å². The van der Waals surface area contributed by atoms with Gasteiger partial charge < -0.3 is 0 Å². The summed E-state index contributed by atoms with van der Waals surface area (Å²) in [6.07, 6.45) is 1.11. The van der Waals surface area contributed by atoms with Crippen LogP contribution in [0.15, 0.2) is 36.4 Å². The van der Waals surface area contributed by atoms with Crippen molar-refractivity contribution in [2.24, 2.45) is 0 Å². The maximum Gasteiger partial charge on any atom is 0.0779 e. The lowest BCUT2D eigenvalue weighted by Crippen LogP contribution is -2.39. The predicted octanol–water partition coefficient (Wildman–Crippen LogP) is 4.11. The number of fused-ring (bicyclic) bond motifs is 3. The maximum atomic E-state index is 2.48. The van der Waals surface area contributed by atoms with E-state index in [0.29, 0.717) is 0 Å². The van der Waals surface area contributed by atoms with Crippen LogP contribution >= 0.6 is 0 Å². The van der Waals surface area contributed by atoms with Crippen LogP contribution in [-0.4, -0.2) is 8.07 Å². The Hall–Kier alpha value is -1.34. The van der Waals surface area contributed by atoms with Gasteiger partial charge in [0.05, 0.1) is 8.07 Å². The fraction of sp³-hybridized carbons (Fsp3) is 0.294. The van der Waals surface area contributed by atoms with E-state index in [1.54, 1.807) is 5.19 Å². The summed E-state index contributed by atoms with van der Waals surface area (Å²) in [6, 6.07) is 13.7. The molecule has 0 bridgehead atoms. The van der Waals surface area contributed by atoms with Gasteiger partial charge in [-0.15, -0.1) is 0 Å². The molecule has 0 unspecified atom stereocenters. The van der Waals surface area contributed by atoms with Crippen LogP contribution in [0, 0.1) is 6.92 Å². The van der Waals surface area contributed by atoms with Gasteiger partial charge in [0, 0.05) is 0 Å². The largest absolute Gasteiger partial charge is 0.0779 e. The van der Waals surface area contributed by atoms with Gasteiger partial charge in [0.15, 0.2) is 0 Å². The van der Waals surface area contributed by atoms with Crippen molar-refractivity contribution in [2.45, 2.75) is 33.0 Å². The molecule has 0 nitrogen and oxygen atoms in total. The van der Waals surface area contributed by atoms with Gasteiger partial charge in [0.2, 0.25) is 0 Å². The first-order valence-corrected chi connectivity index (χ1v) is 10.2. The van der Waals surface area contributed by atoms with Crippen LogP contribution in [0.2, 0.25) is 19.6 Å². The summed E-state index contributed by atoms with van der Waals surface area (Å²) in [6.45, 7) is 9.58. The average Bonchev–Trinajstić information content (AvgIpc) is 2.65. The van der Waals surface area contributed by atoms with Crippen molar-refractivity contribution in [3.05, 3.63) is 53.1 Å². The van der Waals surface area contributed by atoms with Gasteiger partial charge >= 0.3 is 0 Å². The SMILES string of the molecule is Cc1cc2c(cc1[Si](C)(C)C)Cc1ccccc1-2. The molecule has 92 valence electrons. The van der Waals surface area contributed by atoms with E-state index >= 15 is 0 Å². The second-order valence-electron chi connectivity index (χ2n) is 6.41. The van der Waals surface area contributed by atoms with E-state index in [1.807, 2.05) is 0 Å². The highest BCUT2D eigenvalue weighted by Crippen LogP contribution is 2.36. The van der Waals surface area contributed by atoms with E-state index in [1.165, 1.54) is 27.8 Å². The Morgan fingerprint density at radius 2 is 1.61 bits per heavy atom. The van der Waals surface area contributed by atoms with Crippen LogP contribution < -0.4 is 5.19 Å². The summed E-state index contributed by atoms with van der Waals surface area (Å²) in [7, 11) is -1.22. The zero-order valence-electron chi connectivity index (χ0n) is 11.7. The van der Waals surface area contributed by atoms with Crippen LogP contribution in [-0.2, 0) is 6.42 Å². The molecule has 0 fully saturated rings. The second kappa shape index (κ2) is 3.82. The van der Waals surface area contributed by atoms with Gasteiger partial charge in [0.1, 0.15) is 0 Å². The van der Waals surface area contributed by atoms with Gasteiger partial charge in [-0.05, 0) is 35.6 Å². The Morgan fingerprint density at radius 1 is 0.889 bits per heavy atom. The smallest absolute Gasteiger partial charge is 0.0656 e. The quantitative estimate of drug-likeness (QED) is 0.572. The number of hydrogen-bond donors (Lipinski definition) is 0. The van der Waals surface area contributed by atoms with Crippen molar-refractivity contribution in [1.29, 1.82) is 0 Å². The number of rotatable bonds is 1. The number of hydrogen-bond acceptors (Lipinski definition) is 0. The average molecular weight is 252 g/mol. The van der Waals surface area contributed by atoms with Gasteiger partial charge in [-0.2, -0.15) is 0 Å². The molecule has 1 heteroatoms. The third-order valence-electron chi connectivity index (χ3n) is 3.95. The monoisotopic (exact) mass is 252 g/mol. The fourth-order valence-electron chi connectivity index (χ4n) is 3.10. The topological polar surface area (TPSA) is 0 Å². The van der Waals surface area contributed by atoms with E-state index in [2.05, 4.69) is 63.0 Å². The normalized spacial score (nSPS) is 13.3. The highest BCUT2D eigenvalue weighted by Gasteiger charge is 2.24. The van der Waals surface area contributed by atoms with Gasteiger partial charge in [-0.1, -0.05) is 66.8 Å². The summed E-state index contributed by atoms with van der Waals surface area (Å²) >= 11 is 0. The lowest BCUT2D eigenvalue weighted by atomic mass is 10.0.